The molecule has 1 aliphatic rings. The van der Waals surface area contributed by atoms with Crippen LogP contribution in [0.15, 0.2) is 12.2 Å². The Hall–Kier alpha value is -0.413. The normalized spacial score (nSPS) is 23.2. The van der Waals surface area contributed by atoms with Crippen molar-refractivity contribution < 1.29 is 9.59 Å². The fourth-order valence-electron chi connectivity index (χ4n) is 1.68. The van der Waals surface area contributed by atoms with E-state index >= 15 is 0 Å². The molecule has 0 amide bonds. The van der Waals surface area contributed by atoms with Crippen molar-refractivity contribution in [2.24, 2.45) is 5.92 Å². The zero-order valence-corrected chi connectivity index (χ0v) is 10.5. The Morgan fingerprint density at radius 2 is 2.14 bits per heavy atom. The van der Waals surface area contributed by atoms with Crippen LogP contribution in [0.3, 0.4) is 0 Å². The van der Waals surface area contributed by atoms with Crippen molar-refractivity contribution >= 4 is 14.1 Å². The number of hydrogen-bond acceptors (Lipinski definition) is 2. The molecule has 0 saturated heterocycles. The Balaban J connectivity index is 2.60. The summed E-state index contributed by atoms with van der Waals surface area (Å²) >= 11 is 0. The molecule has 0 bridgehead atoms. The van der Waals surface area contributed by atoms with Crippen LogP contribution in [-0.4, -0.2) is 18.9 Å². The summed E-state index contributed by atoms with van der Waals surface area (Å²) in [6, 6.07) is 0. The van der Waals surface area contributed by atoms with E-state index in [2.05, 4.69) is 13.8 Å². The SMILES string of the molecule is CC(C)(CC1C=CC(=O)C1)[Si](C)(C)O. The van der Waals surface area contributed by atoms with E-state index in [1.165, 1.54) is 0 Å². The lowest BCUT2D eigenvalue weighted by molar-refractivity contribution is -0.114. The van der Waals surface area contributed by atoms with Crippen molar-refractivity contribution in [2.75, 3.05) is 0 Å². The Bertz CT molecular complexity index is 261. The molecule has 1 unspecified atom stereocenters. The predicted octanol–water partition coefficient (Wildman–Crippen LogP) is 2.50. The summed E-state index contributed by atoms with van der Waals surface area (Å²) in [7, 11) is -2.12. The van der Waals surface area contributed by atoms with Gasteiger partial charge in [0.25, 0.3) is 0 Å². The second-order valence-corrected chi connectivity index (χ2v) is 9.91. The van der Waals surface area contributed by atoms with E-state index in [-0.39, 0.29) is 10.8 Å². The van der Waals surface area contributed by atoms with Crippen LogP contribution in [0.25, 0.3) is 0 Å². The molecule has 3 heteroatoms. The molecule has 14 heavy (non-hydrogen) atoms. The third-order valence-electron chi connectivity index (χ3n) is 3.45. The van der Waals surface area contributed by atoms with E-state index in [9.17, 15) is 9.59 Å². The van der Waals surface area contributed by atoms with Gasteiger partial charge in [0, 0.05) is 6.42 Å². The number of ketones is 1. The summed E-state index contributed by atoms with van der Waals surface area (Å²) in [5.41, 5.74) is 0. The van der Waals surface area contributed by atoms with Crippen LogP contribution in [0.1, 0.15) is 26.7 Å². The highest BCUT2D eigenvalue weighted by atomic mass is 28.4. The molecule has 0 spiro atoms. The summed E-state index contributed by atoms with van der Waals surface area (Å²) in [5.74, 6) is 0.569. The van der Waals surface area contributed by atoms with Gasteiger partial charge in [-0.3, -0.25) is 4.79 Å². The summed E-state index contributed by atoms with van der Waals surface area (Å²) in [5, 5.41) is -0.0212. The first-order valence-corrected chi connectivity index (χ1v) is 8.10. The Morgan fingerprint density at radius 3 is 2.50 bits per heavy atom. The maximum atomic E-state index is 11.1. The molecule has 1 atom stereocenters. The van der Waals surface area contributed by atoms with Gasteiger partial charge in [0.1, 0.15) is 0 Å². The smallest absolute Gasteiger partial charge is 0.188 e. The van der Waals surface area contributed by atoms with Crippen LogP contribution in [0.4, 0.5) is 0 Å². The summed E-state index contributed by atoms with van der Waals surface area (Å²) in [4.78, 5) is 21.2. The van der Waals surface area contributed by atoms with E-state index < -0.39 is 8.32 Å². The molecule has 1 aliphatic carbocycles. The third-order valence-corrected chi connectivity index (χ3v) is 6.96. The first-order chi connectivity index (χ1) is 6.22. The van der Waals surface area contributed by atoms with Gasteiger partial charge >= 0.3 is 0 Å². The molecule has 1 N–H and O–H groups in total. The summed E-state index contributed by atoms with van der Waals surface area (Å²) in [6.07, 6.45) is 5.22. The van der Waals surface area contributed by atoms with E-state index in [0.717, 1.165) is 6.42 Å². The molecule has 0 aromatic heterocycles. The minimum atomic E-state index is -2.12. The van der Waals surface area contributed by atoms with Gasteiger partial charge in [0.2, 0.25) is 0 Å². The maximum absolute atomic E-state index is 11.1. The molecule has 1 rings (SSSR count). The van der Waals surface area contributed by atoms with Crippen molar-refractivity contribution in [1.29, 1.82) is 0 Å². The largest absolute Gasteiger partial charge is 0.432 e. The standard InChI is InChI=1S/C11H20O2Si/c1-11(2,14(3,4)13)8-9-5-6-10(12)7-9/h5-6,9,13H,7-8H2,1-4H3. The Kier molecular flexibility index (Phi) is 3.02. The summed E-state index contributed by atoms with van der Waals surface area (Å²) < 4.78 is 0. The van der Waals surface area contributed by atoms with Gasteiger partial charge in [-0.05, 0) is 36.5 Å². The second-order valence-electron chi connectivity index (χ2n) is 5.44. The molecule has 0 aromatic carbocycles. The topological polar surface area (TPSA) is 37.3 Å². The molecule has 0 aromatic rings. The van der Waals surface area contributed by atoms with Gasteiger partial charge in [0.15, 0.2) is 14.1 Å². The average Bonchev–Trinajstić information content (AvgIpc) is 2.31. The minimum absolute atomic E-state index is 0.0212. The van der Waals surface area contributed by atoms with Crippen LogP contribution < -0.4 is 0 Å². The number of carbonyl (C=O) groups excluding carboxylic acids is 1. The molecule has 0 fully saturated rings. The van der Waals surface area contributed by atoms with Crippen LogP contribution in [0.5, 0.6) is 0 Å². The van der Waals surface area contributed by atoms with Crippen LogP contribution in [0.2, 0.25) is 18.1 Å². The third kappa shape index (κ3) is 2.55. The lowest BCUT2D eigenvalue weighted by atomic mass is 9.96. The van der Waals surface area contributed by atoms with Crippen molar-refractivity contribution in [3.8, 4) is 0 Å². The minimum Gasteiger partial charge on any atom is -0.432 e. The van der Waals surface area contributed by atoms with Gasteiger partial charge in [-0.25, -0.2) is 0 Å². The number of rotatable bonds is 3. The van der Waals surface area contributed by atoms with E-state index in [1.54, 1.807) is 6.08 Å². The van der Waals surface area contributed by atoms with Crippen molar-refractivity contribution in [2.45, 2.75) is 44.8 Å². The van der Waals surface area contributed by atoms with Gasteiger partial charge in [0.05, 0.1) is 0 Å². The molecule has 0 radical (unpaired) electrons. The molecule has 0 heterocycles. The van der Waals surface area contributed by atoms with E-state index in [1.807, 2.05) is 19.2 Å². The van der Waals surface area contributed by atoms with Gasteiger partial charge in [-0.15, -0.1) is 0 Å². The van der Waals surface area contributed by atoms with Crippen molar-refractivity contribution in [3.05, 3.63) is 12.2 Å². The lowest BCUT2D eigenvalue weighted by Gasteiger charge is -2.36. The van der Waals surface area contributed by atoms with E-state index in [4.69, 9.17) is 0 Å². The number of carbonyl (C=O) groups is 1. The number of hydrogen-bond donors (Lipinski definition) is 1. The van der Waals surface area contributed by atoms with E-state index in [0.29, 0.717) is 12.3 Å². The zero-order chi connectivity index (χ0) is 11.0. The second kappa shape index (κ2) is 3.63. The van der Waals surface area contributed by atoms with Gasteiger partial charge < -0.3 is 4.80 Å². The fraction of sp³-hybridized carbons (Fsp3) is 0.727. The summed E-state index contributed by atoms with van der Waals surface area (Å²) in [6.45, 7) is 8.15. The number of allylic oxidation sites excluding steroid dienone is 2. The predicted molar refractivity (Wildman–Crippen MR) is 60.6 cm³/mol. The Labute approximate surface area is 87.2 Å². The quantitative estimate of drug-likeness (QED) is 0.730. The molecule has 2 nitrogen and oxygen atoms in total. The lowest BCUT2D eigenvalue weighted by Crippen LogP contribution is -2.39. The van der Waals surface area contributed by atoms with Crippen LogP contribution in [-0.2, 0) is 4.79 Å². The molecule has 80 valence electrons. The first-order valence-electron chi connectivity index (χ1n) is 5.16. The molecular formula is C11H20O2Si. The highest BCUT2D eigenvalue weighted by Gasteiger charge is 2.39. The molecular weight excluding hydrogens is 192 g/mol. The van der Waals surface area contributed by atoms with Gasteiger partial charge in [-0.2, -0.15) is 0 Å². The van der Waals surface area contributed by atoms with Crippen molar-refractivity contribution in [3.63, 3.8) is 0 Å². The fourth-order valence-corrected chi connectivity index (χ4v) is 2.45. The average molecular weight is 212 g/mol. The highest BCUT2D eigenvalue weighted by molar-refractivity contribution is 6.72. The monoisotopic (exact) mass is 212 g/mol. The zero-order valence-electron chi connectivity index (χ0n) is 9.50. The maximum Gasteiger partial charge on any atom is 0.188 e. The van der Waals surface area contributed by atoms with Crippen LogP contribution in [0, 0.1) is 5.92 Å². The Morgan fingerprint density at radius 1 is 1.57 bits per heavy atom. The first kappa shape index (κ1) is 11.7. The van der Waals surface area contributed by atoms with Gasteiger partial charge in [-0.1, -0.05) is 19.9 Å². The molecule has 0 saturated carbocycles. The van der Waals surface area contributed by atoms with Crippen LogP contribution >= 0.6 is 0 Å². The molecule has 0 aliphatic heterocycles. The van der Waals surface area contributed by atoms with Crippen molar-refractivity contribution in [1.82, 2.24) is 0 Å². The highest BCUT2D eigenvalue weighted by Crippen LogP contribution is 2.43.